The smallest absolute Gasteiger partial charge is 0.328 e. The van der Waals surface area contributed by atoms with Crippen LogP contribution in [0.4, 0.5) is 10.1 Å². The molecule has 314 valence electrons. The quantitative estimate of drug-likeness (QED) is 0.144. The minimum Gasteiger partial charge on any atom is -0.387 e. The molecule has 0 spiro atoms. The number of anilines is 1. The van der Waals surface area contributed by atoms with Crippen molar-refractivity contribution in [3.63, 3.8) is 0 Å². The van der Waals surface area contributed by atoms with Gasteiger partial charge in [0.2, 0.25) is 10.0 Å². The Kier molecular flexibility index (Phi) is 13.7. The van der Waals surface area contributed by atoms with Gasteiger partial charge in [-0.1, -0.05) is 60.7 Å². The van der Waals surface area contributed by atoms with Gasteiger partial charge in [0.25, 0.3) is 20.2 Å². The van der Waals surface area contributed by atoms with Crippen LogP contribution < -0.4 is 38.3 Å². The van der Waals surface area contributed by atoms with Crippen molar-refractivity contribution in [2.24, 2.45) is 19.8 Å². The molecule has 2 fully saturated rings. The highest BCUT2D eigenvalue weighted by atomic mass is 35.7. The molecule has 0 radical (unpaired) electrons. The summed E-state index contributed by atoms with van der Waals surface area (Å²) < 4.78 is 66.9. The number of benzene rings is 4. The number of aromatic amines is 2. The number of nitrogens with two attached hydrogens (primary N) is 1. The normalized spacial score (nSPS) is 18.5. The number of nitrogens with zero attached hydrogens (tertiary/aromatic N) is 2. The number of H-pyrrole nitrogens is 2. The summed E-state index contributed by atoms with van der Waals surface area (Å²) in [5.41, 5.74) is 6.31. The van der Waals surface area contributed by atoms with E-state index >= 15 is 0 Å². The topological polar surface area (TPSA) is 228 Å². The lowest BCUT2D eigenvalue weighted by Gasteiger charge is -2.36. The van der Waals surface area contributed by atoms with E-state index in [4.69, 9.17) is 16.4 Å². The van der Waals surface area contributed by atoms with Crippen molar-refractivity contribution in [2.45, 2.75) is 59.4 Å². The van der Waals surface area contributed by atoms with Crippen molar-refractivity contribution in [3.05, 3.63) is 144 Å². The van der Waals surface area contributed by atoms with Gasteiger partial charge in [-0.3, -0.25) is 28.7 Å². The van der Waals surface area contributed by atoms with Gasteiger partial charge >= 0.3 is 11.4 Å². The fourth-order valence-corrected chi connectivity index (χ4v) is 9.39. The number of fused-ring (bicyclic) bond motifs is 2. The molecule has 6 N–H and O–H groups in total. The van der Waals surface area contributed by atoms with E-state index in [1.54, 1.807) is 7.05 Å². The molecule has 20 heteroatoms. The van der Waals surface area contributed by atoms with E-state index < -0.39 is 52.3 Å². The molecule has 0 unspecified atom stereocenters. The summed E-state index contributed by atoms with van der Waals surface area (Å²) in [6, 6.07) is 25.3. The summed E-state index contributed by atoms with van der Waals surface area (Å²) in [4.78, 5) is 50.2. The van der Waals surface area contributed by atoms with Crippen molar-refractivity contribution in [2.75, 3.05) is 12.4 Å². The first-order valence-electron chi connectivity index (χ1n) is 18.1. The van der Waals surface area contributed by atoms with E-state index in [1.165, 1.54) is 54.8 Å². The Morgan fingerprint density at radius 3 is 1.59 bits per heavy atom. The maximum Gasteiger partial charge on any atom is 0.328 e. The lowest BCUT2D eigenvalue weighted by atomic mass is 9.76. The Hall–Kier alpha value is -5.11. The van der Waals surface area contributed by atoms with Crippen molar-refractivity contribution in [1.82, 2.24) is 23.8 Å². The number of sulfonamides is 1. The van der Waals surface area contributed by atoms with Crippen LogP contribution >= 0.6 is 23.1 Å². The van der Waals surface area contributed by atoms with Gasteiger partial charge in [0, 0.05) is 43.9 Å². The van der Waals surface area contributed by atoms with E-state index in [9.17, 15) is 40.4 Å². The fraction of sp³-hybridized carbons (Fsp3) is 0.282. The van der Waals surface area contributed by atoms with Gasteiger partial charge in [0.1, 0.15) is 15.6 Å². The lowest BCUT2D eigenvalue weighted by molar-refractivity contribution is 0.326. The average molecular weight is 891 g/mol. The molecular formula is C39H42Cl2FN7O8S2. The average Bonchev–Trinajstić information content (AvgIpc) is 3.16. The highest BCUT2D eigenvalue weighted by Crippen LogP contribution is 2.38. The molecule has 59 heavy (non-hydrogen) atoms. The molecule has 2 aromatic heterocycles. The number of rotatable bonds is 7. The number of aryl methyl sites for hydroxylation is 2. The maximum atomic E-state index is 13.6. The van der Waals surface area contributed by atoms with E-state index in [0.717, 1.165) is 35.5 Å². The summed E-state index contributed by atoms with van der Waals surface area (Å²) in [6.07, 6.45) is 3.79. The maximum absolute atomic E-state index is 13.6. The number of aromatic nitrogens is 4. The van der Waals surface area contributed by atoms with Gasteiger partial charge < -0.3 is 11.1 Å². The van der Waals surface area contributed by atoms with Crippen LogP contribution in [0, 0.1) is 5.82 Å². The van der Waals surface area contributed by atoms with Crippen LogP contribution in [0.3, 0.4) is 0 Å². The van der Waals surface area contributed by atoms with E-state index in [2.05, 4.69) is 45.4 Å². The molecule has 15 nitrogen and oxygen atoms in total. The zero-order chi connectivity index (χ0) is 42.1. The Morgan fingerprint density at radius 2 is 1.15 bits per heavy atom. The SMILES string of the molecule is CNc1cc2c(cc1S(=O)(=O)NC1CC(c3ccccc3)C1)c(=O)[nH]c(=O)n2C.Cl.Cn1c(=O)[nH]c(=O)c2cc(S(=O)(=O)Cl)c(F)cc21.NC1CC(c2ccccc2)C1. The van der Waals surface area contributed by atoms with Crippen molar-refractivity contribution in [3.8, 4) is 0 Å². The zero-order valence-corrected chi connectivity index (χ0v) is 35.1. The summed E-state index contributed by atoms with van der Waals surface area (Å²) in [5, 5.41) is 2.86. The summed E-state index contributed by atoms with van der Waals surface area (Å²) in [7, 11) is 1.31. The lowest BCUT2D eigenvalue weighted by Crippen LogP contribution is -2.43. The van der Waals surface area contributed by atoms with Crippen molar-refractivity contribution >= 4 is 69.7 Å². The third-order valence-corrected chi connectivity index (χ3v) is 13.3. The van der Waals surface area contributed by atoms with Gasteiger partial charge in [-0.2, -0.15) is 0 Å². The van der Waals surface area contributed by atoms with Crippen LogP contribution in [0.25, 0.3) is 21.8 Å². The van der Waals surface area contributed by atoms with Gasteiger partial charge in [0.15, 0.2) is 0 Å². The second-order valence-electron chi connectivity index (χ2n) is 14.2. The van der Waals surface area contributed by atoms with E-state index in [-0.39, 0.29) is 39.6 Å². The molecule has 0 amide bonds. The number of halogens is 3. The predicted octanol–water partition coefficient (Wildman–Crippen LogP) is 4.10. The molecule has 2 saturated carbocycles. The molecule has 0 saturated heterocycles. The van der Waals surface area contributed by atoms with Crippen LogP contribution in [0.2, 0.25) is 0 Å². The van der Waals surface area contributed by atoms with Gasteiger partial charge in [0.05, 0.1) is 27.5 Å². The number of hydrogen-bond donors (Lipinski definition) is 5. The minimum absolute atomic E-state index is 0. The van der Waals surface area contributed by atoms with Crippen LogP contribution in [0.1, 0.15) is 48.6 Å². The highest BCUT2D eigenvalue weighted by Gasteiger charge is 2.34. The van der Waals surface area contributed by atoms with Crippen LogP contribution in [0.5, 0.6) is 0 Å². The number of hydrogen-bond acceptors (Lipinski definition) is 10. The fourth-order valence-electron chi connectivity index (χ4n) is 7.00. The first-order valence-corrected chi connectivity index (χ1v) is 21.9. The van der Waals surface area contributed by atoms with E-state index in [0.29, 0.717) is 23.2 Å². The molecule has 2 aliphatic rings. The Bertz CT molecular complexity index is 2970. The Morgan fingerprint density at radius 1 is 0.712 bits per heavy atom. The molecule has 0 bridgehead atoms. The van der Waals surface area contributed by atoms with Gasteiger partial charge in [-0.25, -0.2) is 35.5 Å². The van der Waals surface area contributed by atoms with Gasteiger partial charge in [-0.15, -0.1) is 12.4 Å². The number of nitrogens with one attached hydrogen (secondary N) is 4. The molecule has 8 rings (SSSR count). The third-order valence-electron chi connectivity index (χ3n) is 10.4. The molecule has 4 aromatic carbocycles. The summed E-state index contributed by atoms with van der Waals surface area (Å²) >= 11 is 0. The molecule has 6 aromatic rings. The largest absolute Gasteiger partial charge is 0.387 e. The molecule has 0 atom stereocenters. The molecule has 2 heterocycles. The molecule has 2 aliphatic carbocycles. The second kappa shape index (κ2) is 18.0. The predicted molar refractivity (Wildman–Crippen MR) is 228 cm³/mol. The van der Waals surface area contributed by atoms with Gasteiger partial charge in [-0.05, 0) is 72.9 Å². The van der Waals surface area contributed by atoms with Crippen molar-refractivity contribution in [1.29, 1.82) is 0 Å². The van der Waals surface area contributed by atoms with Crippen LogP contribution in [0.15, 0.2) is 114 Å². The summed E-state index contributed by atoms with van der Waals surface area (Å²) in [5.74, 6) is -0.0501. The third kappa shape index (κ3) is 9.86. The standard InChI is InChI=1S/C20H22N4O4S.C10H13N.C9H6ClFN2O4S.ClH/c1-21-16-11-17-15(19(25)22-20(26)24(17)2)10-18(16)29(27,28)23-14-8-13(9-14)12-6-4-3-5-7-12;11-10-6-9(7-10)8-4-2-1-3-5-8;1-13-6-3-5(11)7(18(10,16)17)2-4(6)8(14)12-9(13)15;/h3-7,10-11,13-14,21,23H,8-9H2,1-2H3,(H,22,25,26);1-5,9-10H,6-7,11H2;2-3H,1H3,(H,12,14,15);1H. The van der Waals surface area contributed by atoms with Crippen molar-refractivity contribution < 1.29 is 21.2 Å². The Balaban J connectivity index is 0.000000187. The summed E-state index contributed by atoms with van der Waals surface area (Å²) in [6.45, 7) is 0. The zero-order valence-electron chi connectivity index (χ0n) is 31.9. The minimum atomic E-state index is -4.31. The first kappa shape index (κ1) is 45.0. The monoisotopic (exact) mass is 889 g/mol. The first-order chi connectivity index (χ1) is 27.4. The second-order valence-corrected chi connectivity index (χ2v) is 18.4. The van der Waals surface area contributed by atoms with E-state index in [1.807, 2.05) is 35.3 Å². The van der Waals surface area contributed by atoms with Crippen LogP contribution in [-0.4, -0.2) is 55.1 Å². The highest BCUT2D eigenvalue weighted by molar-refractivity contribution is 8.13. The molecule has 0 aliphatic heterocycles. The Labute approximate surface area is 348 Å². The molecular weight excluding hydrogens is 849 g/mol. The van der Waals surface area contributed by atoms with Crippen LogP contribution in [-0.2, 0) is 33.2 Å².